The lowest BCUT2D eigenvalue weighted by molar-refractivity contribution is -0.384. The van der Waals surface area contributed by atoms with Crippen LogP contribution in [0, 0.1) is 10.1 Å². The number of esters is 2. The molecule has 1 aliphatic rings. The van der Waals surface area contributed by atoms with Crippen molar-refractivity contribution in [2.75, 3.05) is 6.61 Å². The van der Waals surface area contributed by atoms with E-state index in [2.05, 4.69) is 4.74 Å². The number of nitro groups is 1. The van der Waals surface area contributed by atoms with E-state index in [4.69, 9.17) is 16.3 Å². The third-order valence-electron chi connectivity index (χ3n) is 2.52. The van der Waals surface area contributed by atoms with Crippen molar-refractivity contribution in [1.82, 2.24) is 0 Å². The zero-order valence-electron chi connectivity index (χ0n) is 9.50. The van der Waals surface area contributed by atoms with E-state index in [0.29, 0.717) is 0 Å². The van der Waals surface area contributed by atoms with Gasteiger partial charge < -0.3 is 9.47 Å². The van der Waals surface area contributed by atoms with Crippen molar-refractivity contribution in [3.63, 3.8) is 0 Å². The van der Waals surface area contributed by atoms with E-state index in [-0.39, 0.29) is 29.3 Å². The lowest BCUT2D eigenvalue weighted by Gasteiger charge is -2.09. The number of cyclic esters (lactones) is 1. The molecule has 1 aliphatic heterocycles. The van der Waals surface area contributed by atoms with Gasteiger partial charge in [0.25, 0.3) is 5.69 Å². The zero-order valence-corrected chi connectivity index (χ0v) is 10.3. The van der Waals surface area contributed by atoms with E-state index >= 15 is 0 Å². The molecule has 0 radical (unpaired) electrons. The Labute approximate surface area is 112 Å². The molecule has 19 heavy (non-hydrogen) atoms. The molecule has 1 atom stereocenters. The van der Waals surface area contributed by atoms with Crippen molar-refractivity contribution in [3.8, 4) is 0 Å². The normalized spacial score (nSPS) is 17.9. The maximum absolute atomic E-state index is 11.8. The van der Waals surface area contributed by atoms with Crippen molar-refractivity contribution in [3.05, 3.63) is 38.9 Å². The van der Waals surface area contributed by atoms with Gasteiger partial charge in [-0.25, -0.2) is 9.59 Å². The highest BCUT2D eigenvalue weighted by atomic mass is 35.5. The number of benzene rings is 1. The van der Waals surface area contributed by atoms with Crippen LogP contribution in [0.1, 0.15) is 16.8 Å². The maximum atomic E-state index is 11.8. The first-order valence-corrected chi connectivity index (χ1v) is 5.68. The first-order chi connectivity index (χ1) is 8.99. The molecule has 0 spiro atoms. The largest absolute Gasteiger partial charge is 0.463 e. The molecule has 1 heterocycles. The highest BCUT2D eigenvalue weighted by Gasteiger charge is 2.31. The van der Waals surface area contributed by atoms with Crippen molar-refractivity contribution >= 4 is 29.2 Å². The Bertz CT molecular complexity index is 558. The molecule has 2 rings (SSSR count). The second kappa shape index (κ2) is 5.23. The molecular formula is C11H8ClNO6. The van der Waals surface area contributed by atoms with Gasteiger partial charge in [0.05, 0.1) is 22.1 Å². The lowest BCUT2D eigenvalue weighted by Crippen LogP contribution is -2.22. The molecule has 0 amide bonds. The fraction of sp³-hybridized carbons (Fsp3) is 0.273. The number of ether oxygens (including phenoxy) is 2. The summed E-state index contributed by atoms with van der Waals surface area (Å²) in [5, 5.41) is 10.4. The molecule has 1 aromatic rings. The summed E-state index contributed by atoms with van der Waals surface area (Å²) >= 11 is 5.77. The number of nitro benzene ring substituents is 1. The van der Waals surface area contributed by atoms with E-state index in [1.54, 1.807) is 0 Å². The molecule has 0 aromatic heterocycles. The fourth-order valence-corrected chi connectivity index (χ4v) is 1.81. The monoisotopic (exact) mass is 285 g/mol. The highest BCUT2D eigenvalue weighted by molar-refractivity contribution is 6.33. The van der Waals surface area contributed by atoms with Gasteiger partial charge in [-0.3, -0.25) is 10.1 Å². The minimum atomic E-state index is -0.946. The standard InChI is InChI=1S/C11H8ClNO6/c12-8-5-6(13(16)17)1-2-7(8)10(14)19-9-3-4-18-11(9)15/h1-2,5,9H,3-4H2. The second-order valence-electron chi connectivity index (χ2n) is 3.77. The smallest absolute Gasteiger partial charge is 0.347 e. The summed E-state index contributed by atoms with van der Waals surface area (Å²) in [5.41, 5.74) is -0.270. The van der Waals surface area contributed by atoms with E-state index in [0.717, 1.165) is 12.1 Å². The number of carbonyl (C=O) groups is 2. The quantitative estimate of drug-likeness (QED) is 0.476. The third kappa shape index (κ3) is 2.82. The molecule has 0 aliphatic carbocycles. The van der Waals surface area contributed by atoms with E-state index < -0.39 is 23.0 Å². The van der Waals surface area contributed by atoms with Crippen molar-refractivity contribution < 1.29 is 24.0 Å². The minimum Gasteiger partial charge on any atom is -0.463 e. The van der Waals surface area contributed by atoms with Crippen LogP contribution in [0.25, 0.3) is 0 Å². The lowest BCUT2D eigenvalue weighted by atomic mass is 10.2. The van der Waals surface area contributed by atoms with Gasteiger partial charge in [-0.1, -0.05) is 11.6 Å². The molecule has 1 saturated heterocycles. The fourth-order valence-electron chi connectivity index (χ4n) is 1.56. The van der Waals surface area contributed by atoms with E-state index in [1.165, 1.54) is 6.07 Å². The Morgan fingerprint density at radius 3 is 2.79 bits per heavy atom. The SMILES string of the molecule is O=C(OC1CCOC1=O)c1ccc([N+](=O)[O-])cc1Cl. The predicted octanol–water partition coefficient (Wildman–Crippen LogP) is 1.72. The minimum absolute atomic E-state index is 0.0352. The van der Waals surface area contributed by atoms with Crippen LogP contribution in [0.3, 0.4) is 0 Å². The molecule has 1 fully saturated rings. The van der Waals surface area contributed by atoms with Gasteiger partial charge in [0.2, 0.25) is 6.10 Å². The number of halogens is 1. The number of nitrogens with zero attached hydrogens (tertiary/aromatic N) is 1. The van der Waals surface area contributed by atoms with Gasteiger partial charge in [0.1, 0.15) is 0 Å². The Morgan fingerprint density at radius 2 is 2.26 bits per heavy atom. The highest BCUT2D eigenvalue weighted by Crippen LogP contribution is 2.24. The first-order valence-electron chi connectivity index (χ1n) is 5.30. The summed E-state index contributed by atoms with van der Waals surface area (Å²) in [6.45, 7) is 0.199. The number of hydrogen-bond acceptors (Lipinski definition) is 6. The van der Waals surface area contributed by atoms with Crippen molar-refractivity contribution in [2.45, 2.75) is 12.5 Å². The van der Waals surface area contributed by atoms with E-state index in [9.17, 15) is 19.7 Å². The van der Waals surface area contributed by atoms with Gasteiger partial charge >= 0.3 is 11.9 Å². The molecule has 8 heteroatoms. The molecule has 0 bridgehead atoms. The summed E-state index contributed by atoms with van der Waals surface area (Å²) in [7, 11) is 0. The van der Waals surface area contributed by atoms with Gasteiger partial charge in [-0.2, -0.15) is 0 Å². The summed E-state index contributed by atoms with van der Waals surface area (Å²) in [4.78, 5) is 32.8. The van der Waals surface area contributed by atoms with Gasteiger partial charge in [-0.15, -0.1) is 0 Å². The van der Waals surface area contributed by atoms with Crippen molar-refractivity contribution in [2.24, 2.45) is 0 Å². The summed E-state index contributed by atoms with van der Waals surface area (Å²) in [6.07, 6.45) is -0.659. The molecule has 0 saturated carbocycles. The molecule has 100 valence electrons. The Hall–Kier alpha value is -2.15. The van der Waals surface area contributed by atoms with Crippen LogP contribution in [-0.4, -0.2) is 29.6 Å². The third-order valence-corrected chi connectivity index (χ3v) is 2.83. The van der Waals surface area contributed by atoms with Gasteiger partial charge in [-0.05, 0) is 6.07 Å². The molecule has 7 nitrogen and oxygen atoms in total. The van der Waals surface area contributed by atoms with Gasteiger partial charge in [0.15, 0.2) is 0 Å². The number of rotatable bonds is 3. The predicted molar refractivity (Wildman–Crippen MR) is 62.9 cm³/mol. The van der Waals surface area contributed by atoms with Crippen LogP contribution >= 0.6 is 11.6 Å². The molecule has 1 aromatic carbocycles. The summed E-state index contributed by atoms with van der Waals surface area (Å²) < 4.78 is 9.57. The topological polar surface area (TPSA) is 95.7 Å². The zero-order chi connectivity index (χ0) is 14.0. The van der Waals surface area contributed by atoms with Crippen LogP contribution in [0.2, 0.25) is 5.02 Å². The van der Waals surface area contributed by atoms with Gasteiger partial charge in [0, 0.05) is 18.6 Å². The van der Waals surface area contributed by atoms with Crippen LogP contribution < -0.4 is 0 Å². The number of hydrogen-bond donors (Lipinski definition) is 0. The summed E-state index contributed by atoms with van der Waals surface area (Å²) in [6, 6.07) is 3.36. The Kier molecular flexibility index (Phi) is 3.66. The van der Waals surface area contributed by atoms with Crippen LogP contribution in [0.5, 0.6) is 0 Å². The van der Waals surface area contributed by atoms with Crippen molar-refractivity contribution in [1.29, 1.82) is 0 Å². The maximum Gasteiger partial charge on any atom is 0.347 e. The molecular weight excluding hydrogens is 278 g/mol. The number of non-ortho nitro benzene ring substituents is 1. The van der Waals surface area contributed by atoms with E-state index in [1.807, 2.05) is 0 Å². The summed E-state index contributed by atoms with van der Waals surface area (Å²) in [5.74, 6) is -1.42. The first kappa shape index (κ1) is 13.3. The average molecular weight is 286 g/mol. The Morgan fingerprint density at radius 1 is 1.53 bits per heavy atom. The molecule has 0 N–H and O–H groups in total. The van der Waals surface area contributed by atoms with Crippen LogP contribution in [0.4, 0.5) is 5.69 Å². The Balaban J connectivity index is 2.15. The number of carbonyl (C=O) groups excluding carboxylic acids is 2. The molecule has 1 unspecified atom stereocenters. The van der Waals surface area contributed by atoms with Crippen LogP contribution in [0.15, 0.2) is 18.2 Å². The van der Waals surface area contributed by atoms with Crippen LogP contribution in [-0.2, 0) is 14.3 Å². The average Bonchev–Trinajstić information content (AvgIpc) is 2.74. The second-order valence-corrected chi connectivity index (χ2v) is 4.18.